The predicted octanol–water partition coefficient (Wildman–Crippen LogP) is 5.89. The van der Waals surface area contributed by atoms with Gasteiger partial charge in [0.2, 0.25) is 0 Å². The van der Waals surface area contributed by atoms with Gasteiger partial charge in [0.1, 0.15) is 11.9 Å². The monoisotopic (exact) mass is 374 g/mol. The first kappa shape index (κ1) is 21.1. The van der Waals surface area contributed by atoms with E-state index in [1.807, 2.05) is 0 Å². The Bertz CT molecular complexity index is 632. The van der Waals surface area contributed by atoms with E-state index in [4.69, 9.17) is 9.47 Å². The van der Waals surface area contributed by atoms with Crippen molar-refractivity contribution in [1.29, 1.82) is 0 Å². The van der Waals surface area contributed by atoms with Crippen molar-refractivity contribution >= 4 is 18.2 Å². The van der Waals surface area contributed by atoms with Crippen molar-refractivity contribution in [3.8, 4) is 5.75 Å². The first-order chi connectivity index (χ1) is 13.1. The van der Waals surface area contributed by atoms with Crippen LogP contribution >= 0.6 is 0 Å². The normalized spacial score (nSPS) is 14.6. The lowest BCUT2D eigenvalue weighted by atomic mass is 9.98. The number of benzene rings is 1. The zero-order chi connectivity index (χ0) is 19.5. The Labute approximate surface area is 161 Å². The zero-order valence-corrected chi connectivity index (χ0v) is 16.2. The predicted molar refractivity (Wildman–Crippen MR) is 104 cm³/mol. The number of hydrogen-bond acceptors (Lipinski definition) is 5. The number of ether oxygens (including phenoxy) is 2. The molecule has 1 aliphatic carbocycles. The maximum atomic E-state index is 12.3. The van der Waals surface area contributed by atoms with Gasteiger partial charge in [0.05, 0.1) is 5.56 Å². The number of aldehydes is 1. The lowest BCUT2D eigenvalue weighted by molar-refractivity contribution is 0.0416. The fraction of sp³-hybridized carbons (Fsp3) is 0.591. The third-order valence-corrected chi connectivity index (χ3v) is 4.97. The van der Waals surface area contributed by atoms with Gasteiger partial charge in [-0.15, -0.1) is 0 Å². The number of carbonyl (C=O) groups excluding carboxylic acids is 3. The molecule has 0 aliphatic heterocycles. The minimum atomic E-state index is -0.792. The smallest absolute Gasteiger partial charge is 0.431 e. The third-order valence-electron chi connectivity index (χ3n) is 4.97. The van der Waals surface area contributed by atoms with E-state index in [0.29, 0.717) is 18.3 Å². The molecule has 0 bridgehead atoms. The van der Waals surface area contributed by atoms with Gasteiger partial charge in [-0.1, -0.05) is 39.0 Å². The average molecular weight is 374 g/mol. The van der Waals surface area contributed by atoms with Crippen molar-refractivity contribution in [2.45, 2.75) is 83.7 Å². The topological polar surface area (TPSA) is 69.7 Å². The highest BCUT2D eigenvalue weighted by atomic mass is 16.7. The minimum Gasteiger partial charge on any atom is -0.431 e. The second kappa shape index (κ2) is 11.5. The summed E-state index contributed by atoms with van der Waals surface area (Å²) in [5, 5.41) is 0. The summed E-state index contributed by atoms with van der Waals surface area (Å²) in [5.74, 6) is 0.135. The molecule has 0 atom stereocenters. The van der Waals surface area contributed by atoms with Crippen LogP contribution in [0.4, 0.5) is 4.79 Å². The van der Waals surface area contributed by atoms with Crippen LogP contribution in [0.2, 0.25) is 0 Å². The SMILES string of the molecule is CCCCCCCC(=O)c1ccc(OC(=O)OC2CCCCC2)c(C=O)c1. The number of unbranched alkanes of at least 4 members (excludes halogenated alkanes) is 4. The van der Waals surface area contributed by atoms with Gasteiger partial charge in [-0.2, -0.15) is 0 Å². The summed E-state index contributed by atoms with van der Waals surface area (Å²) < 4.78 is 10.5. The summed E-state index contributed by atoms with van der Waals surface area (Å²) in [6, 6.07) is 4.59. The Morgan fingerprint density at radius 2 is 1.81 bits per heavy atom. The molecule has 1 saturated carbocycles. The summed E-state index contributed by atoms with van der Waals surface area (Å²) in [7, 11) is 0. The van der Waals surface area contributed by atoms with Crippen molar-refractivity contribution in [2.24, 2.45) is 0 Å². The summed E-state index contributed by atoms with van der Waals surface area (Å²) in [6.07, 6.45) is 10.5. The molecular weight excluding hydrogens is 344 g/mol. The second-order valence-corrected chi connectivity index (χ2v) is 7.19. The fourth-order valence-corrected chi connectivity index (χ4v) is 3.37. The van der Waals surface area contributed by atoms with E-state index in [1.54, 1.807) is 6.07 Å². The highest BCUT2D eigenvalue weighted by Gasteiger charge is 2.20. The Kier molecular flexibility index (Phi) is 9.02. The van der Waals surface area contributed by atoms with Gasteiger partial charge in [0, 0.05) is 12.0 Å². The molecule has 1 aromatic carbocycles. The van der Waals surface area contributed by atoms with Crippen LogP contribution in [-0.4, -0.2) is 24.3 Å². The quantitative estimate of drug-likeness (QED) is 0.168. The number of Topliss-reactive ketones (excluding diaryl/α,β-unsaturated/α-hetero) is 1. The highest BCUT2D eigenvalue weighted by Crippen LogP contribution is 2.23. The molecule has 5 nitrogen and oxygen atoms in total. The molecular formula is C22H30O5. The molecule has 27 heavy (non-hydrogen) atoms. The van der Waals surface area contributed by atoms with Crippen LogP contribution in [0.5, 0.6) is 5.75 Å². The van der Waals surface area contributed by atoms with Crippen LogP contribution < -0.4 is 4.74 Å². The first-order valence-corrected chi connectivity index (χ1v) is 10.1. The molecule has 0 aromatic heterocycles. The molecule has 1 aliphatic rings. The zero-order valence-electron chi connectivity index (χ0n) is 16.2. The van der Waals surface area contributed by atoms with Crippen LogP contribution in [0, 0.1) is 0 Å². The number of carbonyl (C=O) groups is 3. The van der Waals surface area contributed by atoms with Gasteiger partial charge in [0.15, 0.2) is 12.1 Å². The van der Waals surface area contributed by atoms with Crippen LogP contribution in [0.3, 0.4) is 0 Å². The Balaban J connectivity index is 1.89. The molecule has 0 N–H and O–H groups in total. The van der Waals surface area contributed by atoms with Gasteiger partial charge in [-0.25, -0.2) is 4.79 Å². The van der Waals surface area contributed by atoms with Gasteiger partial charge in [-0.3, -0.25) is 9.59 Å². The van der Waals surface area contributed by atoms with Gasteiger partial charge < -0.3 is 9.47 Å². The second-order valence-electron chi connectivity index (χ2n) is 7.19. The molecule has 0 unspecified atom stereocenters. The summed E-state index contributed by atoms with van der Waals surface area (Å²) in [6.45, 7) is 2.15. The van der Waals surface area contributed by atoms with Crippen molar-refractivity contribution < 1.29 is 23.9 Å². The van der Waals surface area contributed by atoms with E-state index in [1.165, 1.54) is 25.0 Å². The van der Waals surface area contributed by atoms with Gasteiger partial charge in [0.25, 0.3) is 0 Å². The Morgan fingerprint density at radius 1 is 1.07 bits per heavy atom. The van der Waals surface area contributed by atoms with Crippen molar-refractivity contribution in [3.05, 3.63) is 29.3 Å². The number of ketones is 1. The van der Waals surface area contributed by atoms with Crippen LogP contribution in [0.25, 0.3) is 0 Å². The molecule has 5 heteroatoms. The standard InChI is InChI=1S/C22H30O5/c1-2-3-4-5-9-12-20(24)17-13-14-21(18(15-17)16-23)27-22(25)26-19-10-7-6-8-11-19/h13-16,19H,2-12H2,1H3. The summed E-state index contributed by atoms with van der Waals surface area (Å²) in [4.78, 5) is 35.6. The van der Waals surface area contributed by atoms with Crippen LogP contribution in [0.1, 0.15) is 98.3 Å². The average Bonchev–Trinajstić information content (AvgIpc) is 2.68. The maximum absolute atomic E-state index is 12.3. The Morgan fingerprint density at radius 3 is 2.52 bits per heavy atom. The van der Waals surface area contributed by atoms with Crippen molar-refractivity contribution in [3.63, 3.8) is 0 Å². The molecule has 0 amide bonds. The van der Waals surface area contributed by atoms with E-state index in [2.05, 4.69) is 6.92 Å². The minimum absolute atomic E-state index is 0.00549. The lowest BCUT2D eigenvalue weighted by Crippen LogP contribution is -2.23. The first-order valence-electron chi connectivity index (χ1n) is 10.1. The van der Waals surface area contributed by atoms with E-state index in [0.717, 1.165) is 51.4 Å². The lowest BCUT2D eigenvalue weighted by Gasteiger charge is -2.21. The third kappa shape index (κ3) is 7.16. The van der Waals surface area contributed by atoms with Gasteiger partial charge in [-0.05, 0) is 50.3 Å². The number of rotatable bonds is 10. The largest absolute Gasteiger partial charge is 0.514 e. The number of hydrogen-bond donors (Lipinski definition) is 0. The summed E-state index contributed by atoms with van der Waals surface area (Å²) >= 11 is 0. The fourth-order valence-electron chi connectivity index (χ4n) is 3.37. The van der Waals surface area contributed by atoms with Crippen molar-refractivity contribution in [1.82, 2.24) is 0 Å². The van der Waals surface area contributed by atoms with E-state index in [-0.39, 0.29) is 23.2 Å². The molecule has 0 heterocycles. The van der Waals surface area contributed by atoms with E-state index in [9.17, 15) is 14.4 Å². The molecule has 0 radical (unpaired) electrons. The Hall–Kier alpha value is -2.17. The van der Waals surface area contributed by atoms with E-state index >= 15 is 0 Å². The molecule has 148 valence electrons. The highest BCUT2D eigenvalue weighted by molar-refractivity contribution is 5.98. The van der Waals surface area contributed by atoms with Gasteiger partial charge >= 0.3 is 6.16 Å². The van der Waals surface area contributed by atoms with Crippen molar-refractivity contribution in [2.75, 3.05) is 0 Å². The molecule has 1 aromatic rings. The molecule has 0 saturated heterocycles. The maximum Gasteiger partial charge on any atom is 0.514 e. The molecule has 0 spiro atoms. The molecule has 1 fully saturated rings. The molecule has 2 rings (SSSR count). The van der Waals surface area contributed by atoms with Crippen LogP contribution in [0.15, 0.2) is 18.2 Å². The van der Waals surface area contributed by atoms with Crippen LogP contribution in [-0.2, 0) is 4.74 Å². The van der Waals surface area contributed by atoms with E-state index < -0.39 is 6.16 Å². The summed E-state index contributed by atoms with van der Waals surface area (Å²) in [5.41, 5.74) is 0.660.